The predicted octanol–water partition coefficient (Wildman–Crippen LogP) is -0.0215. The predicted molar refractivity (Wildman–Crippen MR) is 161 cm³/mol. The number of carbonyl (C=O) groups excluding carboxylic acids is 5. The van der Waals surface area contributed by atoms with Crippen molar-refractivity contribution < 1.29 is 33.6 Å². The van der Waals surface area contributed by atoms with Gasteiger partial charge in [0.25, 0.3) is 0 Å². The summed E-state index contributed by atoms with van der Waals surface area (Å²) in [7, 11) is 6.16. The zero-order valence-corrected chi connectivity index (χ0v) is 25.9. The van der Waals surface area contributed by atoms with Crippen molar-refractivity contribution in [2.45, 2.75) is 83.5 Å². The molecule has 0 aliphatic rings. The first-order valence-electron chi connectivity index (χ1n) is 14.6. The van der Waals surface area contributed by atoms with Gasteiger partial charge in [0.1, 0.15) is 24.2 Å². The highest BCUT2D eigenvalue weighted by Crippen LogP contribution is 2.10. The van der Waals surface area contributed by atoms with Crippen LogP contribution in [0.5, 0.6) is 0 Å². The minimum absolute atomic E-state index is 0.0299. The largest absolute Gasteiger partial charge is 0.394 e. The number of primary amides is 1. The van der Waals surface area contributed by atoms with Crippen molar-refractivity contribution >= 4 is 29.5 Å². The third kappa shape index (κ3) is 14.9. The number of hydrogen-bond donors (Lipinski definition) is 6. The number of nitrogens with one attached hydrogen (secondary N) is 4. The van der Waals surface area contributed by atoms with Crippen molar-refractivity contribution in [2.75, 3.05) is 34.3 Å². The SMILES string of the molecule is CC(C)C[C@H](NC(=O)[C@H](C)NC(=O)CCc1ccccc1)C(=O)N[C@@H](CCCC[N+](C)(C)C)C(=O)N[C@@H](CO)C(N)=O. The third-order valence-corrected chi connectivity index (χ3v) is 6.64. The maximum absolute atomic E-state index is 13.4. The van der Waals surface area contributed by atoms with E-state index in [1.165, 1.54) is 0 Å². The maximum atomic E-state index is 13.4. The molecular formula is C30H51N6O6+. The van der Waals surface area contributed by atoms with Gasteiger partial charge in [0.15, 0.2) is 0 Å². The highest BCUT2D eigenvalue weighted by molar-refractivity contribution is 5.95. The molecule has 0 saturated heterocycles. The molecule has 4 atom stereocenters. The molecule has 0 bridgehead atoms. The number of nitrogens with two attached hydrogens (primary N) is 1. The topological polar surface area (TPSA) is 180 Å². The zero-order chi connectivity index (χ0) is 31.9. The molecule has 0 radical (unpaired) electrons. The van der Waals surface area contributed by atoms with E-state index >= 15 is 0 Å². The Morgan fingerprint density at radius 1 is 0.810 bits per heavy atom. The standard InChI is InChI=1S/C30H50N6O6/c1-20(2)18-24(34-28(40)21(3)32-26(38)16-15-22-12-8-7-9-13-22)30(42)33-23(14-10-11-17-36(4,5)6)29(41)35-25(19-37)27(31)39/h7-9,12-13,20-21,23-25,37H,10-11,14-19H2,1-6H3,(H5-,31,32,33,34,35,38,39,40,41,42)/p+1/t21-,23-,24-,25-/m0/s1. The lowest BCUT2D eigenvalue weighted by Crippen LogP contribution is -2.58. The molecule has 0 aromatic heterocycles. The monoisotopic (exact) mass is 591 g/mol. The number of quaternary nitrogens is 1. The number of aliphatic hydroxyl groups is 1. The van der Waals surface area contributed by atoms with E-state index in [-0.39, 0.29) is 24.7 Å². The Bertz CT molecular complexity index is 1030. The first-order valence-corrected chi connectivity index (χ1v) is 14.6. The van der Waals surface area contributed by atoms with Crippen LogP contribution in [0.3, 0.4) is 0 Å². The summed E-state index contributed by atoms with van der Waals surface area (Å²) in [5.41, 5.74) is 6.26. The number of benzene rings is 1. The summed E-state index contributed by atoms with van der Waals surface area (Å²) < 4.78 is 0.737. The Morgan fingerprint density at radius 2 is 1.38 bits per heavy atom. The molecule has 12 heteroatoms. The summed E-state index contributed by atoms with van der Waals surface area (Å²) in [4.78, 5) is 63.4. The lowest BCUT2D eigenvalue weighted by Gasteiger charge is -2.27. The Balaban J connectivity index is 2.89. The molecule has 1 aromatic carbocycles. The molecule has 42 heavy (non-hydrogen) atoms. The number of aliphatic hydroxyl groups excluding tert-OH is 1. The van der Waals surface area contributed by atoms with Gasteiger partial charge >= 0.3 is 0 Å². The molecule has 0 spiro atoms. The smallest absolute Gasteiger partial charge is 0.243 e. The van der Waals surface area contributed by atoms with Crippen LogP contribution in [0.25, 0.3) is 0 Å². The van der Waals surface area contributed by atoms with Gasteiger partial charge in [-0.25, -0.2) is 0 Å². The highest BCUT2D eigenvalue weighted by Gasteiger charge is 2.30. The molecule has 0 saturated carbocycles. The molecule has 1 rings (SSSR count). The first-order chi connectivity index (χ1) is 19.6. The number of amides is 5. The Hall–Kier alpha value is -3.51. The van der Waals surface area contributed by atoms with E-state index in [4.69, 9.17) is 5.73 Å². The number of rotatable bonds is 19. The number of unbranched alkanes of at least 4 members (excludes halogenated alkanes) is 1. The van der Waals surface area contributed by atoms with Crippen molar-refractivity contribution in [3.8, 4) is 0 Å². The molecule has 0 aliphatic carbocycles. The summed E-state index contributed by atoms with van der Waals surface area (Å²) >= 11 is 0. The van der Waals surface area contributed by atoms with Crippen LogP contribution in [0.15, 0.2) is 30.3 Å². The summed E-state index contributed by atoms with van der Waals surface area (Å²) in [6.07, 6.45) is 2.72. The van der Waals surface area contributed by atoms with Crippen LogP contribution >= 0.6 is 0 Å². The second-order valence-corrected chi connectivity index (χ2v) is 12.2. The van der Waals surface area contributed by atoms with Gasteiger partial charge in [0.2, 0.25) is 29.5 Å². The second kappa shape index (κ2) is 18.1. The van der Waals surface area contributed by atoms with Gasteiger partial charge in [0, 0.05) is 6.42 Å². The molecule has 0 unspecified atom stereocenters. The minimum Gasteiger partial charge on any atom is -0.394 e. The van der Waals surface area contributed by atoms with Crippen LogP contribution in [0.2, 0.25) is 0 Å². The van der Waals surface area contributed by atoms with Crippen molar-refractivity contribution in [3.05, 3.63) is 35.9 Å². The number of nitrogens with zero attached hydrogens (tertiary/aromatic N) is 1. The van der Waals surface area contributed by atoms with Crippen molar-refractivity contribution in [3.63, 3.8) is 0 Å². The molecule has 5 amide bonds. The first kappa shape index (κ1) is 36.5. The van der Waals surface area contributed by atoms with Crippen molar-refractivity contribution in [2.24, 2.45) is 11.7 Å². The lowest BCUT2D eigenvalue weighted by atomic mass is 10.0. The van der Waals surface area contributed by atoms with Crippen LogP contribution < -0.4 is 27.0 Å². The van der Waals surface area contributed by atoms with E-state index in [1.807, 2.05) is 44.2 Å². The van der Waals surface area contributed by atoms with E-state index in [2.05, 4.69) is 42.4 Å². The van der Waals surface area contributed by atoms with E-state index in [9.17, 15) is 29.1 Å². The van der Waals surface area contributed by atoms with Gasteiger partial charge in [-0.2, -0.15) is 0 Å². The lowest BCUT2D eigenvalue weighted by molar-refractivity contribution is -0.870. The number of aryl methyl sites for hydroxylation is 1. The molecule has 0 fully saturated rings. The average molecular weight is 592 g/mol. The van der Waals surface area contributed by atoms with Gasteiger partial charge in [-0.05, 0) is 50.5 Å². The van der Waals surface area contributed by atoms with Gasteiger partial charge in [-0.3, -0.25) is 24.0 Å². The van der Waals surface area contributed by atoms with Crippen molar-refractivity contribution in [1.29, 1.82) is 0 Å². The van der Waals surface area contributed by atoms with Gasteiger partial charge < -0.3 is 36.6 Å². The Kier molecular flexibility index (Phi) is 15.8. The summed E-state index contributed by atoms with van der Waals surface area (Å²) in [6.45, 7) is 5.51. The van der Waals surface area contributed by atoms with E-state index < -0.39 is 54.4 Å². The molecule has 7 N–H and O–H groups in total. The van der Waals surface area contributed by atoms with Gasteiger partial charge in [-0.1, -0.05) is 44.2 Å². The van der Waals surface area contributed by atoms with Gasteiger partial charge in [0.05, 0.1) is 34.3 Å². The van der Waals surface area contributed by atoms with Gasteiger partial charge in [-0.15, -0.1) is 0 Å². The highest BCUT2D eigenvalue weighted by atomic mass is 16.3. The fraction of sp³-hybridized carbons (Fsp3) is 0.633. The molecular weight excluding hydrogens is 540 g/mol. The number of carbonyl (C=O) groups is 5. The number of hydrogen-bond acceptors (Lipinski definition) is 6. The van der Waals surface area contributed by atoms with Crippen LogP contribution in [-0.2, 0) is 30.4 Å². The summed E-state index contributed by atoms with van der Waals surface area (Å²) in [6, 6.07) is 5.38. The summed E-state index contributed by atoms with van der Waals surface area (Å²) in [5, 5.41) is 19.9. The van der Waals surface area contributed by atoms with Crippen LogP contribution in [0.1, 0.15) is 58.4 Å². The normalized spacial score (nSPS) is 14.3. The third-order valence-electron chi connectivity index (χ3n) is 6.64. The van der Waals surface area contributed by atoms with E-state index in [0.717, 1.165) is 23.0 Å². The molecule has 12 nitrogen and oxygen atoms in total. The maximum Gasteiger partial charge on any atom is 0.243 e. The zero-order valence-electron chi connectivity index (χ0n) is 25.9. The van der Waals surface area contributed by atoms with E-state index in [0.29, 0.717) is 19.3 Å². The fourth-order valence-electron chi connectivity index (χ4n) is 4.24. The van der Waals surface area contributed by atoms with Crippen LogP contribution in [0.4, 0.5) is 0 Å². The molecule has 1 aromatic rings. The summed E-state index contributed by atoms with van der Waals surface area (Å²) in [5.74, 6) is -2.90. The van der Waals surface area contributed by atoms with E-state index in [1.54, 1.807) is 6.92 Å². The average Bonchev–Trinajstić information content (AvgIpc) is 2.91. The molecule has 236 valence electrons. The minimum atomic E-state index is -1.29. The fourth-order valence-corrected chi connectivity index (χ4v) is 4.24. The molecule has 0 aliphatic heterocycles. The quantitative estimate of drug-likeness (QED) is 0.0972. The van der Waals surface area contributed by atoms with Crippen LogP contribution in [-0.4, -0.2) is 97.6 Å². The Labute approximate surface area is 249 Å². The Morgan fingerprint density at radius 3 is 1.93 bits per heavy atom. The molecule has 0 heterocycles. The van der Waals surface area contributed by atoms with Crippen molar-refractivity contribution in [1.82, 2.24) is 21.3 Å². The second-order valence-electron chi connectivity index (χ2n) is 12.2. The van der Waals surface area contributed by atoms with Crippen LogP contribution in [0, 0.1) is 5.92 Å².